The Morgan fingerprint density at radius 1 is 1.15 bits per heavy atom. The van der Waals surface area contributed by atoms with Crippen molar-refractivity contribution in [2.75, 3.05) is 13.1 Å². The zero-order valence-corrected chi connectivity index (χ0v) is 14.4. The molecule has 1 saturated heterocycles. The van der Waals surface area contributed by atoms with Crippen LogP contribution in [0.1, 0.15) is 29.9 Å². The summed E-state index contributed by atoms with van der Waals surface area (Å²) in [5.74, 6) is -3.27. The van der Waals surface area contributed by atoms with Crippen LogP contribution >= 0.6 is 0 Å². The average Bonchev–Trinajstić information content (AvgIpc) is 2.65. The Bertz CT molecular complexity index is 809. The molecule has 1 unspecified atom stereocenters. The zero-order chi connectivity index (χ0) is 18.5. The van der Waals surface area contributed by atoms with Crippen LogP contribution in [-0.2, 0) is 11.3 Å². The van der Waals surface area contributed by atoms with E-state index >= 15 is 0 Å². The molecular weight excluding hydrogens is 334 g/mol. The van der Waals surface area contributed by atoms with Crippen molar-refractivity contribution in [2.24, 2.45) is 5.92 Å². The maximum Gasteiger partial charge on any atom is 0.157 e. The van der Waals surface area contributed by atoms with Gasteiger partial charge in [0.1, 0.15) is 17.6 Å². The minimum Gasteiger partial charge on any atom is -0.299 e. The summed E-state index contributed by atoms with van der Waals surface area (Å²) in [6.45, 7) is 2.35. The van der Waals surface area contributed by atoms with Gasteiger partial charge in [0.05, 0.1) is 6.07 Å². The molecule has 3 nitrogen and oxygen atoms in total. The number of ketones is 1. The fourth-order valence-corrected chi connectivity index (χ4v) is 3.47. The number of Topliss-reactive ketones (excluding diaryl/α,β-unsaturated/α-hetero) is 1. The second-order valence-corrected chi connectivity index (χ2v) is 6.67. The number of carbonyl (C=O) groups excluding carboxylic acids is 1. The van der Waals surface area contributed by atoms with Crippen LogP contribution in [0.4, 0.5) is 8.78 Å². The highest BCUT2D eigenvalue weighted by molar-refractivity contribution is 5.90. The number of piperidine rings is 1. The van der Waals surface area contributed by atoms with Crippen molar-refractivity contribution in [3.8, 4) is 6.07 Å². The molecule has 5 heteroatoms. The molecule has 0 N–H and O–H groups in total. The predicted octanol–water partition coefficient (Wildman–Crippen LogP) is 4.05. The van der Waals surface area contributed by atoms with Crippen molar-refractivity contribution >= 4 is 5.78 Å². The van der Waals surface area contributed by atoms with Crippen LogP contribution in [-0.4, -0.2) is 23.8 Å². The van der Waals surface area contributed by atoms with Crippen molar-refractivity contribution < 1.29 is 13.6 Å². The number of nitrogens with zero attached hydrogens (tertiary/aromatic N) is 2. The molecule has 0 saturated carbocycles. The van der Waals surface area contributed by atoms with Gasteiger partial charge in [-0.3, -0.25) is 9.69 Å². The van der Waals surface area contributed by atoms with E-state index in [4.69, 9.17) is 0 Å². The Hall–Kier alpha value is -2.58. The third-order valence-corrected chi connectivity index (χ3v) is 4.93. The van der Waals surface area contributed by atoms with E-state index in [0.717, 1.165) is 31.8 Å². The van der Waals surface area contributed by atoms with Crippen LogP contribution in [0.25, 0.3) is 0 Å². The zero-order valence-electron chi connectivity index (χ0n) is 14.4. The largest absolute Gasteiger partial charge is 0.299 e. The summed E-state index contributed by atoms with van der Waals surface area (Å²) >= 11 is 0. The SMILES string of the molecule is N#CC(C(=O)C1CCN(Cc2ccccc2)CC1)c1ccc(F)cc1F. The minimum atomic E-state index is -1.18. The third kappa shape index (κ3) is 4.14. The normalized spacial score (nSPS) is 16.8. The van der Waals surface area contributed by atoms with Gasteiger partial charge in [-0.05, 0) is 37.6 Å². The summed E-state index contributed by atoms with van der Waals surface area (Å²) in [6.07, 6.45) is 1.29. The van der Waals surface area contributed by atoms with Crippen molar-refractivity contribution in [1.29, 1.82) is 5.26 Å². The molecule has 1 atom stereocenters. The number of halogens is 2. The summed E-state index contributed by atoms with van der Waals surface area (Å²) < 4.78 is 27.0. The van der Waals surface area contributed by atoms with Gasteiger partial charge in [0.15, 0.2) is 5.78 Å². The maximum atomic E-state index is 14.0. The van der Waals surface area contributed by atoms with Gasteiger partial charge in [0.25, 0.3) is 0 Å². The first kappa shape index (κ1) is 18.2. The molecule has 134 valence electrons. The Kier molecular flexibility index (Phi) is 5.75. The van der Waals surface area contributed by atoms with E-state index in [-0.39, 0.29) is 17.3 Å². The number of nitriles is 1. The van der Waals surface area contributed by atoms with Crippen LogP contribution in [0, 0.1) is 28.9 Å². The highest BCUT2D eigenvalue weighted by Crippen LogP contribution is 2.28. The molecule has 0 bridgehead atoms. The molecule has 0 aliphatic carbocycles. The lowest BCUT2D eigenvalue weighted by molar-refractivity contribution is -0.124. The maximum absolute atomic E-state index is 14.0. The van der Waals surface area contributed by atoms with E-state index in [1.165, 1.54) is 11.6 Å². The molecule has 0 radical (unpaired) electrons. The van der Waals surface area contributed by atoms with E-state index < -0.39 is 17.6 Å². The highest BCUT2D eigenvalue weighted by Gasteiger charge is 2.32. The van der Waals surface area contributed by atoms with E-state index in [1.54, 1.807) is 0 Å². The molecule has 1 fully saturated rings. The Labute approximate surface area is 151 Å². The van der Waals surface area contributed by atoms with E-state index in [2.05, 4.69) is 17.0 Å². The average molecular weight is 354 g/mol. The second-order valence-electron chi connectivity index (χ2n) is 6.67. The molecule has 1 aliphatic heterocycles. The summed E-state index contributed by atoms with van der Waals surface area (Å²) in [5.41, 5.74) is 1.19. The monoisotopic (exact) mass is 354 g/mol. The summed E-state index contributed by atoms with van der Waals surface area (Å²) in [7, 11) is 0. The summed E-state index contributed by atoms with van der Waals surface area (Å²) in [6, 6.07) is 15.0. The molecule has 0 amide bonds. The van der Waals surface area contributed by atoms with Gasteiger partial charge in [0.2, 0.25) is 0 Å². The number of hydrogen-bond donors (Lipinski definition) is 0. The first-order chi connectivity index (χ1) is 12.6. The van der Waals surface area contributed by atoms with Crippen LogP contribution < -0.4 is 0 Å². The van der Waals surface area contributed by atoms with Gasteiger partial charge in [-0.25, -0.2) is 8.78 Å². The molecule has 2 aromatic carbocycles. The molecular formula is C21H20F2N2O. The van der Waals surface area contributed by atoms with Crippen molar-refractivity contribution in [3.63, 3.8) is 0 Å². The summed E-state index contributed by atoms with van der Waals surface area (Å²) in [4.78, 5) is 15.0. The van der Waals surface area contributed by atoms with Gasteiger partial charge in [-0.1, -0.05) is 36.4 Å². The smallest absolute Gasteiger partial charge is 0.157 e. The highest BCUT2D eigenvalue weighted by atomic mass is 19.1. The van der Waals surface area contributed by atoms with Crippen LogP contribution in [0.15, 0.2) is 48.5 Å². The van der Waals surface area contributed by atoms with Crippen LogP contribution in [0.2, 0.25) is 0 Å². The van der Waals surface area contributed by atoms with Gasteiger partial charge in [-0.15, -0.1) is 0 Å². The topological polar surface area (TPSA) is 44.1 Å². The van der Waals surface area contributed by atoms with Gasteiger partial charge < -0.3 is 0 Å². The minimum absolute atomic E-state index is 0.0365. The molecule has 0 aromatic heterocycles. The molecule has 1 heterocycles. The first-order valence-corrected chi connectivity index (χ1v) is 8.73. The Balaban J connectivity index is 1.63. The molecule has 0 spiro atoms. The number of benzene rings is 2. The number of likely N-dealkylation sites (tertiary alicyclic amines) is 1. The van der Waals surface area contributed by atoms with Gasteiger partial charge in [-0.2, -0.15) is 5.26 Å². The molecule has 3 rings (SSSR count). The van der Waals surface area contributed by atoms with Gasteiger partial charge >= 0.3 is 0 Å². The number of rotatable bonds is 5. The fraction of sp³-hybridized carbons (Fsp3) is 0.333. The number of hydrogen-bond acceptors (Lipinski definition) is 3. The van der Waals surface area contributed by atoms with E-state index in [1.807, 2.05) is 24.3 Å². The van der Waals surface area contributed by atoms with Crippen LogP contribution in [0.3, 0.4) is 0 Å². The Morgan fingerprint density at radius 2 is 1.85 bits per heavy atom. The lowest BCUT2D eigenvalue weighted by atomic mass is 9.83. The Morgan fingerprint density at radius 3 is 2.46 bits per heavy atom. The molecule has 2 aromatic rings. The van der Waals surface area contributed by atoms with Gasteiger partial charge in [0, 0.05) is 24.1 Å². The van der Waals surface area contributed by atoms with Crippen LogP contribution in [0.5, 0.6) is 0 Å². The quantitative estimate of drug-likeness (QED) is 0.813. The summed E-state index contributed by atoms with van der Waals surface area (Å²) in [5, 5.41) is 9.38. The molecule has 1 aliphatic rings. The first-order valence-electron chi connectivity index (χ1n) is 8.73. The standard InChI is InChI=1S/C21H20F2N2O/c22-17-6-7-18(20(23)12-17)19(13-24)21(26)16-8-10-25(11-9-16)14-15-4-2-1-3-5-15/h1-7,12,16,19H,8-11,14H2. The third-order valence-electron chi connectivity index (χ3n) is 4.93. The number of carbonyl (C=O) groups is 1. The van der Waals surface area contributed by atoms with Crippen molar-refractivity contribution in [3.05, 3.63) is 71.3 Å². The fourth-order valence-electron chi connectivity index (χ4n) is 3.47. The van der Waals surface area contributed by atoms with E-state index in [9.17, 15) is 18.8 Å². The van der Waals surface area contributed by atoms with E-state index in [0.29, 0.717) is 12.8 Å². The lowest BCUT2D eigenvalue weighted by Crippen LogP contribution is -2.37. The predicted molar refractivity (Wildman–Crippen MR) is 94.2 cm³/mol. The molecule has 26 heavy (non-hydrogen) atoms. The van der Waals surface area contributed by atoms with Crippen molar-refractivity contribution in [1.82, 2.24) is 4.90 Å². The van der Waals surface area contributed by atoms with Crippen molar-refractivity contribution in [2.45, 2.75) is 25.3 Å². The lowest BCUT2D eigenvalue weighted by Gasteiger charge is -2.32. The second kappa shape index (κ2) is 8.20.